The molecule has 1 saturated carbocycles. The highest BCUT2D eigenvalue weighted by atomic mass is 16.5. The quantitative estimate of drug-likeness (QED) is 0.518. The molecule has 1 fully saturated rings. The zero-order valence-electron chi connectivity index (χ0n) is 16.4. The average molecular weight is 348 g/mol. The highest BCUT2D eigenvalue weighted by molar-refractivity contribution is 5.69. The summed E-state index contributed by atoms with van der Waals surface area (Å²) in [5.41, 5.74) is 8.46. The van der Waals surface area contributed by atoms with Crippen LogP contribution in [0.5, 0.6) is 0 Å². The number of esters is 1. The first-order valence-electron chi connectivity index (χ1n) is 10.1. The third-order valence-electron chi connectivity index (χ3n) is 5.20. The lowest BCUT2D eigenvalue weighted by atomic mass is 9.77. The smallest absolute Gasteiger partial charge is 0.305 e. The van der Waals surface area contributed by atoms with Gasteiger partial charge in [-0.1, -0.05) is 38.1 Å². The van der Waals surface area contributed by atoms with E-state index in [0.29, 0.717) is 18.3 Å². The number of rotatable bonds is 8. The Morgan fingerprint density at radius 2 is 1.72 bits per heavy atom. The Labute approximate surface area is 154 Å². The fourth-order valence-electron chi connectivity index (χ4n) is 3.64. The van der Waals surface area contributed by atoms with Crippen LogP contribution in [0.1, 0.15) is 82.3 Å². The molecular formula is C22H37NO2. The third-order valence-corrected chi connectivity index (χ3v) is 5.20. The van der Waals surface area contributed by atoms with Gasteiger partial charge in [0.1, 0.15) is 0 Å². The van der Waals surface area contributed by atoms with Crippen LogP contribution in [0.2, 0.25) is 0 Å². The first kappa shape index (κ1) is 21.7. The third kappa shape index (κ3) is 8.04. The van der Waals surface area contributed by atoms with Gasteiger partial charge in [0.2, 0.25) is 0 Å². The van der Waals surface area contributed by atoms with Crippen molar-refractivity contribution in [2.75, 3.05) is 13.7 Å². The van der Waals surface area contributed by atoms with Gasteiger partial charge in [-0.15, -0.1) is 0 Å². The van der Waals surface area contributed by atoms with E-state index in [0.717, 1.165) is 25.8 Å². The normalized spacial score (nSPS) is 19.7. The number of methoxy groups -OCH3 is 1. The Hall–Kier alpha value is -1.35. The van der Waals surface area contributed by atoms with Crippen molar-refractivity contribution in [3.8, 4) is 0 Å². The first-order chi connectivity index (χ1) is 12.2. The number of hydrogen-bond donors (Lipinski definition) is 1. The van der Waals surface area contributed by atoms with Crippen molar-refractivity contribution in [1.82, 2.24) is 0 Å². The Balaban J connectivity index is 0.00000151. The molecule has 0 spiro atoms. The van der Waals surface area contributed by atoms with Crippen LogP contribution in [0.4, 0.5) is 0 Å². The average Bonchev–Trinajstić information content (AvgIpc) is 2.69. The molecule has 3 nitrogen and oxygen atoms in total. The highest BCUT2D eigenvalue weighted by Gasteiger charge is 2.22. The van der Waals surface area contributed by atoms with Gasteiger partial charge in [-0.2, -0.15) is 0 Å². The molecule has 0 bridgehead atoms. The molecule has 1 aromatic rings. The zero-order chi connectivity index (χ0) is 18.5. The molecule has 0 saturated heterocycles. The Bertz CT molecular complexity index is 461. The number of carbonyl (C=O) groups excluding carboxylic acids is 1. The second-order valence-corrected chi connectivity index (χ2v) is 6.82. The predicted molar refractivity (Wildman–Crippen MR) is 106 cm³/mol. The maximum atomic E-state index is 11.2. The van der Waals surface area contributed by atoms with Crippen LogP contribution in [0.3, 0.4) is 0 Å². The summed E-state index contributed by atoms with van der Waals surface area (Å²) >= 11 is 0. The molecule has 2 rings (SSSR count). The minimum absolute atomic E-state index is 0.0719. The molecule has 0 aliphatic heterocycles. The Kier molecular flexibility index (Phi) is 11.2. The Morgan fingerprint density at radius 1 is 1.08 bits per heavy atom. The molecule has 0 unspecified atom stereocenters. The van der Waals surface area contributed by atoms with Crippen molar-refractivity contribution in [2.24, 2.45) is 11.7 Å². The number of carbonyl (C=O) groups is 1. The summed E-state index contributed by atoms with van der Waals surface area (Å²) in [5.74, 6) is 1.32. The monoisotopic (exact) mass is 347 g/mol. The fourth-order valence-corrected chi connectivity index (χ4v) is 3.64. The topological polar surface area (TPSA) is 52.3 Å². The van der Waals surface area contributed by atoms with E-state index in [1.807, 2.05) is 13.8 Å². The van der Waals surface area contributed by atoms with E-state index in [9.17, 15) is 4.79 Å². The summed E-state index contributed by atoms with van der Waals surface area (Å²) in [6.07, 6.45) is 9.95. The standard InChI is InChI=1S/C20H31NO2.C2H6/c1-23-20(22)14-9-17-7-12-19(13-8-17)18-10-5-16(6-11-18)4-2-3-15-21;1-2/h5-6,10-11,17,19H,2-4,7-9,12-15,21H2,1H3;1-2H3. The molecule has 142 valence electrons. The van der Waals surface area contributed by atoms with Gasteiger partial charge >= 0.3 is 5.97 Å². The molecule has 1 aliphatic carbocycles. The molecule has 0 amide bonds. The molecule has 1 aromatic carbocycles. The van der Waals surface area contributed by atoms with Gasteiger partial charge < -0.3 is 10.5 Å². The fraction of sp³-hybridized carbons (Fsp3) is 0.682. The van der Waals surface area contributed by atoms with Crippen LogP contribution in [-0.2, 0) is 16.0 Å². The molecule has 2 N–H and O–H groups in total. The van der Waals surface area contributed by atoms with E-state index in [1.54, 1.807) is 0 Å². The minimum Gasteiger partial charge on any atom is -0.469 e. The molecule has 0 atom stereocenters. The number of hydrogen-bond acceptors (Lipinski definition) is 3. The van der Waals surface area contributed by atoms with Gasteiger partial charge in [-0.25, -0.2) is 0 Å². The van der Waals surface area contributed by atoms with Crippen molar-refractivity contribution in [2.45, 2.75) is 77.6 Å². The lowest BCUT2D eigenvalue weighted by Gasteiger charge is -2.28. The van der Waals surface area contributed by atoms with E-state index >= 15 is 0 Å². The largest absolute Gasteiger partial charge is 0.469 e. The van der Waals surface area contributed by atoms with Gasteiger partial charge in [0.25, 0.3) is 0 Å². The predicted octanol–water partition coefficient (Wildman–Crippen LogP) is 5.22. The second kappa shape index (κ2) is 12.9. The van der Waals surface area contributed by atoms with E-state index in [1.165, 1.54) is 50.3 Å². The van der Waals surface area contributed by atoms with Crippen molar-refractivity contribution >= 4 is 5.97 Å². The number of unbranched alkanes of at least 4 members (excludes halogenated alkanes) is 1. The van der Waals surface area contributed by atoms with E-state index in [2.05, 4.69) is 24.3 Å². The molecule has 1 aliphatic rings. The minimum atomic E-state index is -0.0719. The molecule has 0 aromatic heterocycles. The van der Waals surface area contributed by atoms with Gasteiger partial charge in [-0.05, 0) is 80.9 Å². The lowest BCUT2D eigenvalue weighted by molar-refractivity contribution is -0.141. The van der Waals surface area contributed by atoms with Crippen molar-refractivity contribution in [3.63, 3.8) is 0 Å². The number of nitrogens with two attached hydrogens (primary N) is 1. The summed E-state index contributed by atoms with van der Waals surface area (Å²) in [6.45, 7) is 4.79. The molecule has 25 heavy (non-hydrogen) atoms. The van der Waals surface area contributed by atoms with Crippen LogP contribution < -0.4 is 5.73 Å². The summed E-state index contributed by atoms with van der Waals surface area (Å²) in [6, 6.07) is 9.21. The number of ether oxygens (including phenoxy) is 1. The van der Waals surface area contributed by atoms with Crippen LogP contribution in [0.15, 0.2) is 24.3 Å². The maximum absolute atomic E-state index is 11.2. The van der Waals surface area contributed by atoms with E-state index in [4.69, 9.17) is 10.5 Å². The maximum Gasteiger partial charge on any atom is 0.305 e. The SMILES string of the molecule is CC.COC(=O)CCC1CCC(c2ccc(CCCCN)cc2)CC1. The summed E-state index contributed by atoms with van der Waals surface area (Å²) in [5, 5.41) is 0. The molecule has 0 heterocycles. The number of aryl methyl sites for hydroxylation is 1. The van der Waals surface area contributed by atoms with Gasteiger partial charge in [0, 0.05) is 6.42 Å². The first-order valence-corrected chi connectivity index (χ1v) is 10.1. The van der Waals surface area contributed by atoms with E-state index in [-0.39, 0.29) is 5.97 Å². The second-order valence-electron chi connectivity index (χ2n) is 6.82. The van der Waals surface area contributed by atoms with Gasteiger partial charge in [0.15, 0.2) is 0 Å². The van der Waals surface area contributed by atoms with Crippen molar-refractivity contribution < 1.29 is 9.53 Å². The summed E-state index contributed by atoms with van der Waals surface area (Å²) in [7, 11) is 1.47. The lowest BCUT2D eigenvalue weighted by Crippen LogP contribution is -2.15. The zero-order valence-corrected chi connectivity index (χ0v) is 16.4. The van der Waals surface area contributed by atoms with Gasteiger partial charge in [-0.3, -0.25) is 4.79 Å². The van der Waals surface area contributed by atoms with Crippen molar-refractivity contribution in [3.05, 3.63) is 35.4 Å². The van der Waals surface area contributed by atoms with Crippen LogP contribution in [-0.4, -0.2) is 19.6 Å². The van der Waals surface area contributed by atoms with Crippen LogP contribution in [0.25, 0.3) is 0 Å². The highest BCUT2D eigenvalue weighted by Crippen LogP contribution is 2.37. The van der Waals surface area contributed by atoms with Crippen LogP contribution in [0, 0.1) is 5.92 Å². The summed E-state index contributed by atoms with van der Waals surface area (Å²) in [4.78, 5) is 11.2. The Morgan fingerprint density at radius 3 is 2.28 bits per heavy atom. The molecule has 3 heteroatoms. The number of benzene rings is 1. The van der Waals surface area contributed by atoms with Crippen molar-refractivity contribution in [1.29, 1.82) is 0 Å². The van der Waals surface area contributed by atoms with E-state index < -0.39 is 0 Å². The van der Waals surface area contributed by atoms with Gasteiger partial charge in [0.05, 0.1) is 7.11 Å². The molecule has 0 radical (unpaired) electrons. The summed E-state index contributed by atoms with van der Waals surface area (Å²) < 4.78 is 4.73. The molecular weight excluding hydrogens is 310 g/mol. The van der Waals surface area contributed by atoms with Crippen LogP contribution >= 0.6 is 0 Å².